The Kier molecular flexibility index (Phi) is 5.66. The molecule has 2 aliphatic heterocycles. The number of nitrogens with one attached hydrogen (secondary N) is 2. The van der Waals surface area contributed by atoms with Crippen molar-refractivity contribution in [3.63, 3.8) is 0 Å². The summed E-state index contributed by atoms with van der Waals surface area (Å²) in [6.45, 7) is 3.44. The standard InChI is InChI=1S/C19H30N4O3S/c24-27(25)9-4-17(22-13-15-2-7-26-8-3-15)12-19(27)10-16(11-19)14-23-18-20-5-1-6-21-18/h1,5-6,15-17,22H,2-4,7-14H2,(H,20,21,23). The Bertz CT molecular complexity index is 716. The predicted octanol–water partition coefficient (Wildman–Crippen LogP) is 1.63. The lowest BCUT2D eigenvalue weighted by molar-refractivity contribution is 0.0646. The van der Waals surface area contributed by atoms with Crippen LogP contribution in [-0.4, -0.2) is 61.2 Å². The van der Waals surface area contributed by atoms with Gasteiger partial charge in [0.25, 0.3) is 0 Å². The minimum atomic E-state index is -3.00. The fourth-order valence-corrected chi connectivity index (χ4v) is 7.30. The summed E-state index contributed by atoms with van der Waals surface area (Å²) >= 11 is 0. The average Bonchev–Trinajstić information content (AvgIpc) is 2.66. The molecule has 1 saturated carbocycles. The van der Waals surface area contributed by atoms with Gasteiger partial charge in [-0.15, -0.1) is 0 Å². The number of rotatable bonds is 6. The van der Waals surface area contributed by atoms with E-state index in [1.54, 1.807) is 18.5 Å². The first-order valence-electron chi connectivity index (χ1n) is 10.1. The van der Waals surface area contributed by atoms with Crippen molar-refractivity contribution in [1.29, 1.82) is 0 Å². The highest BCUT2D eigenvalue weighted by atomic mass is 32.2. The average molecular weight is 395 g/mol. The zero-order chi connectivity index (χ0) is 18.7. The van der Waals surface area contributed by atoms with E-state index in [1.807, 2.05) is 0 Å². The van der Waals surface area contributed by atoms with Gasteiger partial charge in [-0.25, -0.2) is 18.4 Å². The molecule has 3 fully saturated rings. The predicted molar refractivity (Wildman–Crippen MR) is 104 cm³/mol. The molecule has 1 aromatic rings. The Labute approximate surface area is 161 Å². The number of sulfone groups is 1. The van der Waals surface area contributed by atoms with E-state index in [1.165, 1.54) is 0 Å². The lowest BCUT2D eigenvalue weighted by atomic mass is 9.70. The molecule has 4 rings (SSSR count). The highest BCUT2D eigenvalue weighted by molar-refractivity contribution is 7.92. The molecule has 0 amide bonds. The van der Waals surface area contributed by atoms with Crippen molar-refractivity contribution in [1.82, 2.24) is 15.3 Å². The van der Waals surface area contributed by atoms with Crippen LogP contribution >= 0.6 is 0 Å². The van der Waals surface area contributed by atoms with Crippen LogP contribution in [0.2, 0.25) is 0 Å². The quantitative estimate of drug-likeness (QED) is 0.757. The molecule has 3 aliphatic rings. The van der Waals surface area contributed by atoms with Gasteiger partial charge in [0.2, 0.25) is 5.95 Å². The van der Waals surface area contributed by atoms with Crippen LogP contribution in [0.5, 0.6) is 0 Å². The summed E-state index contributed by atoms with van der Waals surface area (Å²) in [5.41, 5.74) is 0. The van der Waals surface area contributed by atoms with Gasteiger partial charge in [0.1, 0.15) is 0 Å². The molecule has 1 unspecified atom stereocenters. The van der Waals surface area contributed by atoms with Crippen molar-refractivity contribution in [2.75, 3.05) is 37.4 Å². The summed E-state index contributed by atoms with van der Waals surface area (Å²) in [4.78, 5) is 8.33. The van der Waals surface area contributed by atoms with Gasteiger partial charge in [0.05, 0.1) is 10.5 Å². The number of hydrogen-bond acceptors (Lipinski definition) is 7. The van der Waals surface area contributed by atoms with Crippen LogP contribution in [-0.2, 0) is 14.6 Å². The first-order chi connectivity index (χ1) is 13.1. The molecule has 0 bridgehead atoms. The van der Waals surface area contributed by atoms with Gasteiger partial charge in [-0.3, -0.25) is 0 Å². The van der Waals surface area contributed by atoms with Gasteiger partial charge in [0, 0.05) is 38.2 Å². The normalized spacial score (nSPS) is 33.5. The third-order valence-electron chi connectivity index (χ3n) is 6.49. The van der Waals surface area contributed by atoms with Gasteiger partial charge in [-0.2, -0.15) is 0 Å². The summed E-state index contributed by atoms with van der Waals surface area (Å²) in [6.07, 6.45) is 8.65. The summed E-state index contributed by atoms with van der Waals surface area (Å²) in [5.74, 6) is 1.97. The highest BCUT2D eigenvalue weighted by Crippen LogP contribution is 2.50. The van der Waals surface area contributed by atoms with Gasteiger partial charge in [0.15, 0.2) is 9.84 Å². The fourth-order valence-electron chi connectivity index (χ4n) is 4.83. The lowest BCUT2D eigenvalue weighted by Crippen LogP contribution is -2.59. The van der Waals surface area contributed by atoms with E-state index in [0.29, 0.717) is 29.6 Å². The zero-order valence-corrected chi connectivity index (χ0v) is 16.6. The lowest BCUT2D eigenvalue weighted by Gasteiger charge is -2.51. The van der Waals surface area contributed by atoms with E-state index >= 15 is 0 Å². The van der Waals surface area contributed by atoms with Crippen LogP contribution in [0.1, 0.15) is 38.5 Å². The Hall–Kier alpha value is -1.25. The van der Waals surface area contributed by atoms with Crippen LogP contribution < -0.4 is 10.6 Å². The summed E-state index contributed by atoms with van der Waals surface area (Å²) in [6, 6.07) is 2.11. The van der Waals surface area contributed by atoms with Gasteiger partial charge < -0.3 is 15.4 Å². The third-order valence-corrected chi connectivity index (χ3v) is 9.08. The molecule has 0 aromatic carbocycles. The van der Waals surface area contributed by atoms with E-state index in [-0.39, 0.29) is 0 Å². The van der Waals surface area contributed by atoms with E-state index < -0.39 is 14.6 Å². The van der Waals surface area contributed by atoms with Crippen LogP contribution in [0.15, 0.2) is 18.5 Å². The summed E-state index contributed by atoms with van der Waals surface area (Å²) in [7, 11) is -3.00. The van der Waals surface area contributed by atoms with Crippen molar-refractivity contribution in [2.24, 2.45) is 11.8 Å². The van der Waals surface area contributed by atoms with Gasteiger partial charge >= 0.3 is 0 Å². The molecule has 27 heavy (non-hydrogen) atoms. The van der Waals surface area contributed by atoms with Crippen LogP contribution in [0.25, 0.3) is 0 Å². The van der Waals surface area contributed by atoms with Crippen molar-refractivity contribution in [3.05, 3.63) is 18.5 Å². The van der Waals surface area contributed by atoms with Gasteiger partial charge in [-0.1, -0.05) is 0 Å². The fraction of sp³-hybridized carbons (Fsp3) is 0.789. The summed E-state index contributed by atoms with van der Waals surface area (Å²) < 4.78 is 30.4. The number of aromatic nitrogens is 2. The molecule has 150 valence electrons. The number of anilines is 1. The Morgan fingerprint density at radius 3 is 2.52 bits per heavy atom. The minimum absolute atomic E-state index is 0.320. The summed E-state index contributed by atoms with van der Waals surface area (Å²) in [5, 5.41) is 6.90. The molecule has 8 heteroatoms. The zero-order valence-electron chi connectivity index (χ0n) is 15.8. The van der Waals surface area contributed by atoms with Crippen molar-refractivity contribution < 1.29 is 13.2 Å². The molecule has 7 nitrogen and oxygen atoms in total. The SMILES string of the molecule is O=S1(=O)CCC(NCC2CCOCC2)CC12CC(CNc1ncccn1)C2. The molecule has 0 radical (unpaired) electrons. The first kappa shape index (κ1) is 19.1. The van der Waals surface area contributed by atoms with E-state index in [4.69, 9.17) is 4.74 Å². The molecular formula is C19H30N4O3S. The maximum Gasteiger partial charge on any atom is 0.222 e. The topological polar surface area (TPSA) is 93.2 Å². The van der Waals surface area contributed by atoms with Crippen LogP contribution in [0.3, 0.4) is 0 Å². The van der Waals surface area contributed by atoms with Crippen molar-refractivity contribution in [2.45, 2.75) is 49.3 Å². The molecule has 1 atom stereocenters. The maximum atomic E-state index is 12.8. The molecule has 1 aromatic heterocycles. The molecular weight excluding hydrogens is 364 g/mol. The van der Waals surface area contributed by atoms with Crippen molar-refractivity contribution >= 4 is 15.8 Å². The molecule has 2 N–H and O–H groups in total. The minimum Gasteiger partial charge on any atom is -0.381 e. The van der Waals surface area contributed by atoms with Gasteiger partial charge in [-0.05, 0) is 63.0 Å². The molecule has 2 saturated heterocycles. The highest BCUT2D eigenvalue weighted by Gasteiger charge is 2.56. The van der Waals surface area contributed by atoms with E-state index in [2.05, 4.69) is 20.6 Å². The Morgan fingerprint density at radius 2 is 1.78 bits per heavy atom. The van der Waals surface area contributed by atoms with E-state index in [0.717, 1.165) is 64.8 Å². The second-order valence-electron chi connectivity index (χ2n) is 8.38. The van der Waals surface area contributed by atoms with Crippen LogP contribution in [0.4, 0.5) is 5.95 Å². The van der Waals surface area contributed by atoms with Crippen LogP contribution in [0, 0.1) is 11.8 Å². The number of hydrogen-bond donors (Lipinski definition) is 2. The monoisotopic (exact) mass is 394 g/mol. The third kappa shape index (κ3) is 4.27. The second-order valence-corrected chi connectivity index (χ2v) is 10.9. The second kappa shape index (κ2) is 8.01. The maximum absolute atomic E-state index is 12.8. The van der Waals surface area contributed by atoms with E-state index in [9.17, 15) is 8.42 Å². The molecule has 3 heterocycles. The number of nitrogens with zero attached hydrogens (tertiary/aromatic N) is 2. The smallest absolute Gasteiger partial charge is 0.222 e. The first-order valence-corrected chi connectivity index (χ1v) is 11.8. The van der Waals surface area contributed by atoms with Crippen molar-refractivity contribution in [3.8, 4) is 0 Å². The largest absolute Gasteiger partial charge is 0.381 e. The Morgan fingerprint density at radius 1 is 1.04 bits per heavy atom. The Balaban J connectivity index is 1.28. The molecule has 1 spiro atoms. The molecule has 1 aliphatic carbocycles. The number of ether oxygens (including phenoxy) is 1.